The van der Waals surface area contributed by atoms with Gasteiger partial charge in [0.25, 0.3) is 0 Å². The first-order chi connectivity index (χ1) is 12.5. The number of carbonyl (C=O) groups is 3. The third kappa shape index (κ3) is 10.1. The van der Waals surface area contributed by atoms with Crippen LogP contribution >= 0.6 is 0 Å². The Morgan fingerprint density at radius 1 is 0.778 bits per heavy atom. The number of quaternary nitrogens is 1. The first kappa shape index (κ1) is 25.1. The Morgan fingerprint density at radius 3 is 1.52 bits per heavy atom. The lowest BCUT2D eigenvalue weighted by Gasteiger charge is -2.42. The molecule has 7 nitrogen and oxygen atoms in total. The van der Waals surface area contributed by atoms with Crippen molar-refractivity contribution in [1.29, 1.82) is 0 Å². The standard InChI is InChI=1S/C20H35NO6/c1-5-6-7-8-9-10-11-21(12-15(2)18(22)23,13-16(3)19(24)25)14-17(4)20(26)27/h5-6,15-17H,7-14H2,1-4H3,(H2-,22,23,24,25,26,27)/p+1/b6-5+. The zero-order valence-electron chi connectivity index (χ0n) is 17.1. The van der Waals surface area contributed by atoms with Gasteiger partial charge in [0.1, 0.15) is 17.8 Å². The Morgan fingerprint density at radius 2 is 1.19 bits per heavy atom. The smallest absolute Gasteiger partial charge is 0.311 e. The number of nitrogens with zero attached hydrogens (tertiary/aromatic N) is 1. The molecule has 0 aliphatic carbocycles. The van der Waals surface area contributed by atoms with Crippen LogP contribution in [0.25, 0.3) is 0 Å². The molecule has 0 saturated carbocycles. The zero-order chi connectivity index (χ0) is 21.0. The van der Waals surface area contributed by atoms with Gasteiger partial charge in [0.2, 0.25) is 0 Å². The minimum atomic E-state index is -0.948. The molecule has 0 spiro atoms. The first-order valence-corrected chi connectivity index (χ1v) is 9.69. The van der Waals surface area contributed by atoms with Gasteiger partial charge in [-0.3, -0.25) is 14.4 Å². The van der Waals surface area contributed by atoms with Crippen LogP contribution in [0.15, 0.2) is 12.2 Å². The predicted octanol–water partition coefficient (Wildman–Crippen LogP) is 3.10. The summed E-state index contributed by atoms with van der Waals surface area (Å²) in [6, 6.07) is 0. The Balaban J connectivity index is 5.42. The summed E-state index contributed by atoms with van der Waals surface area (Å²) >= 11 is 0. The molecule has 0 aromatic carbocycles. The van der Waals surface area contributed by atoms with Crippen molar-refractivity contribution in [3.8, 4) is 0 Å². The number of aliphatic carboxylic acids is 3. The zero-order valence-corrected chi connectivity index (χ0v) is 17.1. The summed E-state index contributed by atoms with van der Waals surface area (Å²) in [5.74, 6) is -4.86. The van der Waals surface area contributed by atoms with Crippen molar-refractivity contribution in [2.75, 3.05) is 26.2 Å². The number of hydrogen-bond acceptors (Lipinski definition) is 3. The molecule has 0 aromatic heterocycles. The van der Waals surface area contributed by atoms with Crippen molar-refractivity contribution in [2.24, 2.45) is 17.8 Å². The molecule has 3 atom stereocenters. The van der Waals surface area contributed by atoms with Gasteiger partial charge in [0.15, 0.2) is 0 Å². The maximum Gasteiger partial charge on any atom is 0.311 e. The Hall–Kier alpha value is -1.89. The molecule has 7 heteroatoms. The number of hydrogen-bond donors (Lipinski definition) is 3. The van der Waals surface area contributed by atoms with Crippen molar-refractivity contribution in [2.45, 2.75) is 53.4 Å². The molecule has 0 rings (SSSR count). The maximum absolute atomic E-state index is 11.4. The quantitative estimate of drug-likeness (QED) is 0.226. The summed E-state index contributed by atoms with van der Waals surface area (Å²) in [7, 11) is 0. The number of allylic oxidation sites excluding steroid dienone is 2. The van der Waals surface area contributed by atoms with Crippen molar-refractivity contribution >= 4 is 17.9 Å². The van der Waals surface area contributed by atoms with Gasteiger partial charge in [-0.05, 0) is 53.4 Å². The van der Waals surface area contributed by atoms with Crippen molar-refractivity contribution in [1.82, 2.24) is 0 Å². The average molecular weight is 387 g/mol. The summed E-state index contributed by atoms with van der Waals surface area (Å²) in [5.41, 5.74) is 0. The lowest BCUT2D eigenvalue weighted by Crippen LogP contribution is -2.57. The molecule has 0 amide bonds. The molecule has 156 valence electrons. The fraction of sp³-hybridized carbons (Fsp3) is 0.750. The van der Waals surface area contributed by atoms with Crippen LogP contribution in [0.4, 0.5) is 0 Å². The van der Waals surface area contributed by atoms with Gasteiger partial charge in [-0.25, -0.2) is 0 Å². The highest BCUT2D eigenvalue weighted by molar-refractivity contribution is 5.70. The molecule has 3 unspecified atom stereocenters. The SMILES string of the molecule is C/C=C/CCCCC[N+](CC(C)C(=O)O)(CC(C)C(=O)O)CC(C)C(=O)O. The van der Waals surface area contributed by atoms with Crippen LogP contribution in [-0.4, -0.2) is 63.9 Å². The molecular weight excluding hydrogens is 350 g/mol. The van der Waals surface area contributed by atoms with E-state index >= 15 is 0 Å². The maximum atomic E-state index is 11.4. The van der Waals surface area contributed by atoms with Gasteiger partial charge in [0.05, 0.1) is 26.2 Å². The number of rotatable bonds is 15. The minimum Gasteiger partial charge on any atom is -0.481 e. The van der Waals surface area contributed by atoms with Gasteiger partial charge in [-0.15, -0.1) is 0 Å². The van der Waals surface area contributed by atoms with E-state index in [9.17, 15) is 29.7 Å². The monoisotopic (exact) mass is 386 g/mol. The number of unbranched alkanes of at least 4 members (excludes halogenated alkanes) is 3. The van der Waals surface area contributed by atoms with E-state index in [1.807, 2.05) is 13.0 Å². The van der Waals surface area contributed by atoms with E-state index in [1.54, 1.807) is 20.8 Å². The lowest BCUT2D eigenvalue weighted by atomic mass is 10.0. The normalized spacial score (nSPS) is 17.2. The van der Waals surface area contributed by atoms with Gasteiger partial charge in [-0.2, -0.15) is 0 Å². The van der Waals surface area contributed by atoms with E-state index in [1.165, 1.54) is 0 Å². The molecule has 0 heterocycles. The molecule has 0 radical (unpaired) electrons. The van der Waals surface area contributed by atoms with Crippen LogP contribution < -0.4 is 0 Å². The van der Waals surface area contributed by atoms with Gasteiger partial charge >= 0.3 is 17.9 Å². The summed E-state index contributed by atoms with van der Waals surface area (Å²) in [6.07, 6.45) is 7.81. The van der Waals surface area contributed by atoms with Gasteiger partial charge in [-0.1, -0.05) is 12.2 Å². The minimum absolute atomic E-state index is 0.206. The average Bonchev–Trinajstić information content (AvgIpc) is 2.57. The van der Waals surface area contributed by atoms with E-state index in [0.717, 1.165) is 25.7 Å². The number of carboxylic acid groups (broad SMARTS) is 3. The molecule has 27 heavy (non-hydrogen) atoms. The third-order valence-electron chi connectivity index (χ3n) is 4.99. The topological polar surface area (TPSA) is 112 Å². The molecular formula is C20H36NO6+. The van der Waals surface area contributed by atoms with Crippen LogP contribution in [0.2, 0.25) is 0 Å². The highest BCUT2D eigenvalue weighted by atomic mass is 16.4. The molecule has 0 saturated heterocycles. The van der Waals surface area contributed by atoms with Gasteiger partial charge in [0, 0.05) is 0 Å². The molecule has 3 N–H and O–H groups in total. The van der Waals surface area contributed by atoms with E-state index in [0.29, 0.717) is 6.54 Å². The molecule has 0 aliphatic heterocycles. The third-order valence-corrected chi connectivity index (χ3v) is 4.99. The Kier molecular flexibility index (Phi) is 11.6. The molecule has 0 fully saturated rings. The second-order valence-electron chi connectivity index (χ2n) is 7.75. The second-order valence-corrected chi connectivity index (χ2v) is 7.75. The van der Waals surface area contributed by atoms with Crippen LogP contribution in [0.3, 0.4) is 0 Å². The van der Waals surface area contributed by atoms with Crippen molar-refractivity contribution < 1.29 is 34.2 Å². The number of carboxylic acids is 3. The molecule has 0 aliphatic rings. The summed E-state index contributed by atoms with van der Waals surface area (Å²) in [6.45, 7) is 8.05. The fourth-order valence-electron chi connectivity index (χ4n) is 3.53. The van der Waals surface area contributed by atoms with Gasteiger partial charge < -0.3 is 19.8 Å². The summed E-state index contributed by atoms with van der Waals surface area (Å²) < 4.78 is 0.206. The Bertz CT molecular complexity index is 462. The summed E-state index contributed by atoms with van der Waals surface area (Å²) in [4.78, 5) is 34.2. The van der Waals surface area contributed by atoms with Crippen molar-refractivity contribution in [3.05, 3.63) is 12.2 Å². The van der Waals surface area contributed by atoms with Crippen LogP contribution in [0.5, 0.6) is 0 Å². The Labute approximate surface area is 162 Å². The van der Waals surface area contributed by atoms with Crippen molar-refractivity contribution in [3.63, 3.8) is 0 Å². The predicted molar refractivity (Wildman–Crippen MR) is 103 cm³/mol. The molecule has 0 aromatic rings. The lowest BCUT2D eigenvalue weighted by molar-refractivity contribution is -0.934. The fourth-order valence-corrected chi connectivity index (χ4v) is 3.53. The highest BCUT2D eigenvalue weighted by Gasteiger charge is 2.38. The van der Waals surface area contributed by atoms with Crippen LogP contribution in [-0.2, 0) is 14.4 Å². The van der Waals surface area contributed by atoms with Crippen LogP contribution in [0, 0.1) is 17.8 Å². The first-order valence-electron chi connectivity index (χ1n) is 9.69. The van der Waals surface area contributed by atoms with E-state index in [2.05, 4.69) is 6.08 Å². The largest absolute Gasteiger partial charge is 0.481 e. The van der Waals surface area contributed by atoms with E-state index < -0.39 is 35.7 Å². The van der Waals surface area contributed by atoms with E-state index in [-0.39, 0.29) is 24.1 Å². The summed E-state index contributed by atoms with van der Waals surface area (Å²) in [5, 5.41) is 28.1. The second kappa shape index (κ2) is 12.5. The molecule has 0 bridgehead atoms. The van der Waals surface area contributed by atoms with Crippen LogP contribution in [0.1, 0.15) is 53.4 Å². The van der Waals surface area contributed by atoms with E-state index in [4.69, 9.17) is 0 Å². The highest BCUT2D eigenvalue weighted by Crippen LogP contribution is 2.21.